The number of nitrogens with two attached hydrogens (primary N) is 1. The van der Waals surface area contributed by atoms with Gasteiger partial charge in [-0.05, 0) is 0 Å². The number of anilines is 3. The second-order valence-corrected chi connectivity index (χ2v) is 6.45. The van der Waals surface area contributed by atoms with E-state index in [1.807, 2.05) is 0 Å². The maximum Gasteiger partial charge on any atom is 0.306 e. The summed E-state index contributed by atoms with van der Waals surface area (Å²) < 4.78 is 7.59. The minimum absolute atomic E-state index is 0.0224. The Kier molecular flexibility index (Phi) is 7.69. The molecule has 2 aromatic rings. The first kappa shape index (κ1) is 22.6. The third kappa shape index (κ3) is 6.17. The van der Waals surface area contributed by atoms with Gasteiger partial charge in [-0.15, -0.1) is 0 Å². The van der Waals surface area contributed by atoms with Gasteiger partial charge in [0.2, 0.25) is 17.6 Å². The molecule has 0 aliphatic heterocycles. The molecule has 0 bridgehead atoms. The van der Waals surface area contributed by atoms with Gasteiger partial charge in [-0.2, -0.15) is 0 Å². The number of imidazole rings is 1. The molecule has 0 atom stereocenters. The number of nitrogens with one attached hydrogen (secondary N) is 3. The number of ether oxygens (including phenoxy) is 1. The van der Waals surface area contributed by atoms with Crippen molar-refractivity contribution in [3.63, 3.8) is 0 Å². The van der Waals surface area contributed by atoms with Crippen molar-refractivity contribution in [3.8, 4) is 0 Å². The molecule has 2 rings (SSSR count). The van der Waals surface area contributed by atoms with E-state index in [0.29, 0.717) is 11.5 Å². The van der Waals surface area contributed by atoms with Crippen LogP contribution in [-0.2, 0) is 33.2 Å². The van der Waals surface area contributed by atoms with Gasteiger partial charge >= 0.3 is 5.97 Å². The Bertz CT molecular complexity index is 947. The van der Waals surface area contributed by atoms with Crippen molar-refractivity contribution >= 4 is 41.0 Å². The van der Waals surface area contributed by atoms with Gasteiger partial charge in [-0.1, -0.05) is 0 Å². The standard InChI is InChI=1S/C18H25N7O5/c1-24-9-11(8-13(24)23-14(26)4-5-16(28)30-3)20-18(29)17-22-12(10-25(17)2)21-15(27)6-7-19/h8-10H,4-7,19H2,1-3H3,(H,20,29)(H,21,27)(H,23,26). The van der Waals surface area contributed by atoms with Gasteiger partial charge in [-0.25, -0.2) is 4.98 Å². The van der Waals surface area contributed by atoms with E-state index in [-0.39, 0.29) is 49.3 Å². The molecule has 0 aliphatic rings. The summed E-state index contributed by atoms with van der Waals surface area (Å²) in [6.45, 7) is 0.210. The zero-order chi connectivity index (χ0) is 22.3. The Morgan fingerprint density at radius 2 is 1.70 bits per heavy atom. The molecule has 3 amide bonds. The van der Waals surface area contributed by atoms with Crippen LogP contribution in [0, 0.1) is 0 Å². The molecule has 0 spiro atoms. The van der Waals surface area contributed by atoms with Gasteiger partial charge in [0.1, 0.15) is 5.82 Å². The van der Waals surface area contributed by atoms with Crippen molar-refractivity contribution in [2.24, 2.45) is 19.8 Å². The number of carbonyl (C=O) groups excluding carboxylic acids is 4. The minimum atomic E-state index is -0.494. The van der Waals surface area contributed by atoms with Crippen molar-refractivity contribution in [2.45, 2.75) is 19.3 Å². The predicted molar refractivity (Wildman–Crippen MR) is 109 cm³/mol. The number of hydrogen-bond acceptors (Lipinski definition) is 7. The van der Waals surface area contributed by atoms with E-state index in [1.165, 1.54) is 17.9 Å². The van der Waals surface area contributed by atoms with Crippen LogP contribution in [0.1, 0.15) is 29.9 Å². The van der Waals surface area contributed by atoms with Gasteiger partial charge in [0.15, 0.2) is 5.82 Å². The second-order valence-electron chi connectivity index (χ2n) is 6.45. The lowest BCUT2D eigenvalue weighted by atomic mass is 10.3. The number of methoxy groups -OCH3 is 1. The zero-order valence-electron chi connectivity index (χ0n) is 17.0. The number of carbonyl (C=O) groups is 4. The van der Waals surface area contributed by atoms with Gasteiger partial charge in [0.25, 0.3) is 5.91 Å². The number of esters is 1. The first-order valence-corrected chi connectivity index (χ1v) is 9.11. The maximum absolute atomic E-state index is 12.5. The summed E-state index contributed by atoms with van der Waals surface area (Å²) in [6, 6.07) is 1.57. The molecule has 0 saturated carbocycles. The highest BCUT2D eigenvalue weighted by atomic mass is 16.5. The lowest BCUT2D eigenvalue weighted by molar-refractivity contribution is -0.141. The highest BCUT2D eigenvalue weighted by Gasteiger charge is 2.17. The number of hydrogen-bond donors (Lipinski definition) is 4. The summed E-state index contributed by atoms with van der Waals surface area (Å²) >= 11 is 0. The fourth-order valence-corrected chi connectivity index (χ4v) is 2.54. The molecule has 2 aromatic heterocycles. The molecule has 30 heavy (non-hydrogen) atoms. The van der Waals surface area contributed by atoms with Crippen LogP contribution >= 0.6 is 0 Å². The monoisotopic (exact) mass is 419 g/mol. The predicted octanol–water partition coefficient (Wildman–Crippen LogP) is 0.190. The minimum Gasteiger partial charge on any atom is -0.469 e. The molecule has 0 aliphatic carbocycles. The largest absolute Gasteiger partial charge is 0.469 e. The van der Waals surface area contributed by atoms with Crippen LogP contribution in [-0.4, -0.2) is 51.5 Å². The van der Waals surface area contributed by atoms with E-state index in [9.17, 15) is 19.2 Å². The van der Waals surface area contributed by atoms with Gasteiger partial charge < -0.3 is 35.6 Å². The number of aromatic nitrogens is 3. The molecule has 0 radical (unpaired) electrons. The molecule has 162 valence electrons. The van der Waals surface area contributed by atoms with Crippen molar-refractivity contribution < 1.29 is 23.9 Å². The van der Waals surface area contributed by atoms with Gasteiger partial charge in [0, 0.05) is 51.9 Å². The Hall–Kier alpha value is -3.67. The Morgan fingerprint density at radius 1 is 1.00 bits per heavy atom. The molecule has 0 aromatic carbocycles. The fourth-order valence-electron chi connectivity index (χ4n) is 2.54. The maximum atomic E-state index is 12.5. The number of aryl methyl sites for hydroxylation is 2. The normalized spacial score (nSPS) is 10.4. The second kappa shape index (κ2) is 10.2. The highest BCUT2D eigenvalue weighted by Crippen LogP contribution is 2.19. The molecule has 5 N–H and O–H groups in total. The summed E-state index contributed by atoms with van der Waals surface area (Å²) in [6.07, 6.45) is 3.23. The molecule has 12 heteroatoms. The third-order valence-corrected chi connectivity index (χ3v) is 4.03. The molecule has 0 fully saturated rings. The first-order chi connectivity index (χ1) is 14.2. The van der Waals surface area contributed by atoms with Crippen LogP contribution < -0.4 is 21.7 Å². The van der Waals surface area contributed by atoms with E-state index in [2.05, 4.69) is 25.7 Å². The first-order valence-electron chi connectivity index (χ1n) is 9.11. The average molecular weight is 419 g/mol. The Balaban J connectivity index is 2.00. The Morgan fingerprint density at radius 3 is 2.37 bits per heavy atom. The number of rotatable bonds is 9. The lowest BCUT2D eigenvalue weighted by Crippen LogP contribution is -2.17. The topological polar surface area (TPSA) is 162 Å². The summed E-state index contributed by atoms with van der Waals surface area (Å²) in [4.78, 5) is 51.3. The van der Waals surface area contributed by atoms with Crippen LogP contribution in [0.2, 0.25) is 0 Å². The smallest absolute Gasteiger partial charge is 0.306 e. The number of amides is 3. The van der Waals surface area contributed by atoms with Crippen molar-refractivity contribution in [1.29, 1.82) is 0 Å². The van der Waals surface area contributed by atoms with Crippen molar-refractivity contribution in [2.75, 3.05) is 29.6 Å². The fraction of sp³-hybridized carbons (Fsp3) is 0.389. The van der Waals surface area contributed by atoms with Crippen LogP contribution in [0.5, 0.6) is 0 Å². The van der Waals surface area contributed by atoms with E-state index in [4.69, 9.17) is 5.73 Å². The van der Waals surface area contributed by atoms with Crippen molar-refractivity contribution in [3.05, 3.63) is 24.3 Å². The van der Waals surface area contributed by atoms with E-state index < -0.39 is 11.9 Å². The number of nitrogens with zero attached hydrogens (tertiary/aromatic N) is 3. The van der Waals surface area contributed by atoms with Gasteiger partial charge in [0.05, 0.1) is 19.2 Å². The molecular weight excluding hydrogens is 394 g/mol. The lowest BCUT2D eigenvalue weighted by Gasteiger charge is -2.05. The van der Waals surface area contributed by atoms with Crippen LogP contribution in [0.15, 0.2) is 18.5 Å². The van der Waals surface area contributed by atoms with Crippen molar-refractivity contribution in [1.82, 2.24) is 14.1 Å². The van der Waals surface area contributed by atoms with Crippen LogP contribution in [0.3, 0.4) is 0 Å². The summed E-state index contributed by atoms with van der Waals surface area (Å²) in [5.74, 6) is -0.850. The van der Waals surface area contributed by atoms with E-state index in [1.54, 1.807) is 30.9 Å². The Labute approximate surface area is 172 Å². The molecular formula is C18H25N7O5. The van der Waals surface area contributed by atoms with E-state index >= 15 is 0 Å². The highest BCUT2D eigenvalue weighted by molar-refractivity contribution is 6.03. The summed E-state index contributed by atoms with van der Waals surface area (Å²) in [5, 5.41) is 7.91. The molecule has 12 nitrogen and oxygen atoms in total. The average Bonchev–Trinajstić information content (AvgIpc) is 3.21. The molecule has 2 heterocycles. The van der Waals surface area contributed by atoms with Gasteiger partial charge in [-0.3, -0.25) is 19.2 Å². The molecule has 0 saturated heterocycles. The van der Waals surface area contributed by atoms with Crippen LogP contribution in [0.25, 0.3) is 0 Å². The van der Waals surface area contributed by atoms with E-state index in [0.717, 1.165) is 0 Å². The van der Waals surface area contributed by atoms with Crippen LogP contribution in [0.4, 0.5) is 17.3 Å². The SMILES string of the molecule is COC(=O)CCC(=O)Nc1cc(NC(=O)c2nc(NC(=O)CCN)cn2C)cn1C. The zero-order valence-corrected chi connectivity index (χ0v) is 17.0. The third-order valence-electron chi connectivity index (χ3n) is 4.03. The summed E-state index contributed by atoms with van der Waals surface area (Å²) in [5.41, 5.74) is 5.77. The quantitative estimate of drug-likeness (QED) is 0.422. The summed E-state index contributed by atoms with van der Waals surface area (Å²) in [7, 11) is 4.57. The molecule has 0 unspecified atom stereocenters.